The molecule has 2 aromatic rings. The molecule has 1 N–H and O–H groups in total. The Morgan fingerprint density at radius 1 is 1.18 bits per heavy atom. The molecule has 0 atom stereocenters. The maximum atomic E-state index is 12.5. The van der Waals surface area contributed by atoms with Gasteiger partial charge in [0, 0.05) is 37.9 Å². The van der Waals surface area contributed by atoms with Gasteiger partial charge in [-0.3, -0.25) is 4.79 Å². The van der Waals surface area contributed by atoms with Crippen molar-refractivity contribution in [2.75, 3.05) is 26.4 Å². The summed E-state index contributed by atoms with van der Waals surface area (Å²) < 4.78 is 18.3. The van der Waals surface area contributed by atoms with E-state index in [9.17, 15) is 14.7 Å². The minimum absolute atomic E-state index is 0.201. The van der Waals surface area contributed by atoms with Crippen LogP contribution in [0.5, 0.6) is 0 Å². The summed E-state index contributed by atoms with van der Waals surface area (Å²) in [6.07, 6.45) is 2.56. The van der Waals surface area contributed by atoms with Crippen molar-refractivity contribution in [3.8, 4) is 0 Å². The number of rotatable bonds is 12. The zero-order valence-electron chi connectivity index (χ0n) is 16.8. The Morgan fingerprint density at radius 2 is 1.89 bits per heavy atom. The summed E-state index contributed by atoms with van der Waals surface area (Å²) in [5.41, 5.74) is 1.08. The van der Waals surface area contributed by atoms with Gasteiger partial charge in [0.25, 0.3) is 0 Å². The molecule has 7 heteroatoms. The van der Waals surface area contributed by atoms with Crippen molar-refractivity contribution in [3.63, 3.8) is 0 Å². The van der Waals surface area contributed by atoms with Crippen LogP contribution < -0.4 is 5.43 Å². The quantitative estimate of drug-likeness (QED) is 0.442. The van der Waals surface area contributed by atoms with Gasteiger partial charge in [0.2, 0.25) is 5.43 Å². The molecule has 0 fully saturated rings. The van der Waals surface area contributed by atoms with Gasteiger partial charge in [-0.1, -0.05) is 6.07 Å². The Balaban J connectivity index is 2.03. The Bertz CT molecular complexity index is 839. The zero-order chi connectivity index (χ0) is 20.5. The molecule has 1 aromatic carbocycles. The van der Waals surface area contributed by atoms with E-state index in [1.165, 1.54) is 6.20 Å². The van der Waals surface area contributed by atoms with Crippen LogP contribution in [-0.2, 0) is 27.2 Å². The van der Waals surface area contributed by atoms with Gasteiger partial charge in [0.1, 0.15) is 5.56 Å². The molecule has 28 heavy (non-hydrogen) atoms. The van der Waals surface area contributed by atoms with E-state index >= 15 is 0 Å². The number of hydrogen-bond donors (Lipinski definition) is 1. The Hall–Kier alpha value is -2.22. The molecule has 0 aliphatic rings. The van der Waals surface area contributed by atoms with Crippen LogP contribution in [0, 0.1) is 0 Å². The maximum Gasteiger partial charge on any atom is 0.341 e. The molecule has 2 rings (SSSR count). The number of fused-ring (bicyclic) bond motifs is 1. The molecular weight excluding hydrogens is 362 g/mol. The number of hydrogen-bond acceptors (Lipinski definition) is 5. The van der Waals surface area contributed by atoms with E-state index in [0.717, 1.165) is 23.9 Å². The highest BCUT2D eigenvalue weighted by Gasteiger charge is 2.14. The van der Waals surface area contributed by atoms with Gasteiger partial charge in [-0.2, -0.15) is 0 Å². The third-order valence-corrected chi connectivity index (χ3v) is 4.43. The number of carboxylic acids is 1. The van der Waals surface area contributed by atoms with E-state index < -0.39 is 11.4 Å². The normalized spacial score (nSPS) is 11.4. The number of nitrogens with zero attached hydrogens (tertiary/aromatic N) is 1. The van der Waals surface area contributed by atoms with Crippen molar-refractivity contribution in [3.05, 3.63) is 45.7 Å². The second-order valence-corrected chi connectivity index (χ2v) is 6.33. The van der Waals surface area contributed by atoms with Gasteiger partial charge in [0.15, 0.2) is 6.29 Å². The fraction of sp³-hybridized carbons (Fsp3) is 0.524. The van der Waals surface area contributed by atoms with Crippen LogP contribution >= 0.6 is 0 Å². The van der Waals surface area contributed by atoms with E-state index in [0.29, 0.717) is 38.4 Å². The third kappa shape index (κ3) is 5.64. The molecule has 0 aliphatic heterocycles. The standard InChI is InChI=1S/C21H29NO6/c1-4-22-13-17(21(24)25)20(23)16-12-15(9-10-18(16)22)8-7-11-26-14-19(27-5-2)28-6-3/h9-10,12-13,19H,4-8,11,14H2,1-3H3,(H,24,25). The first-order valence-corrected chi connectivity index (χ1v) is 9.72. The molecule has 0 aliphatic carbocycles. The number of carbonyl (C=O) groups is 1. The molecule has 0 saturated heterocycles. The number of carboxylic acid groups (broad SMARTS) is 1. The lowest BCUT2D eigenvalue weighted by Gasteiger charge is -2.16. The van der Waals surface area contributed by atoms with Crippen LogP contribution in [0.25, 0.3) is 10.9 Å². The molecule has 0 saturated carbocycles. The van der Waals surface area contributed by atoms with Crippen LogP contribution in [0.4, 0.5) is 0 Å². The molecule has 1 aromatic heterocycles. The lowest BCUT2D eigenvalue weighted by molar-refractivity contribution is -0.167. The summed E-state index contributed by atoms with van der Waals surface area (Å²) in [5.74, 6) is -1.20. The Kier molecular flexibility index (Phi) is 8.63. The van der Waals surface area contributed by atoms with Crippen molar-refractivity contribution in [1.29, 1.82) is 0 Å². The molecule has 0 spiro atoms. The minimum atomic E-state index is -1.20. The summed E-state index contributed by atoms with van der Waals surface area (Å²) in [7, 11) is 0. The number of aromatic carboxylic acids is 1. The van der Waals surface area contributed by atoms with Crippen molar-refractivity contribution >= 4 is 16.9 Å². The molecular formula is C21H29NO6. The highest BCUT2D eigenvalue weighted by atomic mass is 16.7. The van der Waals surface area contributed by atoms with Crippen LogP contribution in [0.1, 0.15) is 43.1 Å². The number of aryl methyl sites for hydroxylation is 2. The minimum Gasteiger partial charge on any atom is -0.477 e. The average molecular weight is 391 g/mol. The second-order valence-electron chi connectivity index (χ2n) is 6.33. The predicted molar refractivity (Wildman–Crippen MR) is 107 cm³/mol. The van der Waals surface area contributed by atoms with E-state index in [4.69, 9.17) is 14.2 Å². The predicted octanol–water partition coefficient (Wildman–Crippen LogP) is 3.07. The molecule has 0 amide bonds. The number of benzene rings is 1. The summed E-state index contributed by atoms with van der Waals surface area (Å²) >= 11 is 0. The second kappa shape index (κ2) is 10.9. The van der Waals surface area contributed by atoms with Gasteiger partial charge in [-0.25, -0.2) is 4.79 Å². The highest BCUT2D eigenvalue weighted by Crippen LogP contribution is 2.16. The van der Waals surface area contributed by atoms with Crippen LogP contribution in [0.3, 0.4) is 0 Å². The molecule has 1 heterocycles. The van der Waals surface area contributed by atoms with Gasteiger partial charge < -0.3 is 23.9 Å². The van der Waals surface area contributed by atoms with E-state index in [2.05, 4.69) is 0 Å². The smallest absolute Gasteiger partial charge is 0.341 e. The van der Waals surface area contributed by atoms with E-state index in [1.807, 2.05) is 32.9 Å². The van der Waals surface area contributed by atoms with Crippen LogP contribution in [-0.4, -0.2) is 48.4 Å². The van der Waals surface area contributed by atoms with Gasteiger partial charge in [0.05, 0.1) is 12.1 Å². The number of pyridine rings is 1. The Labute approximate surface area is 164 Å². The van der Waals surface area contributed by atoms with E-state index in [-0.39, 0.29) is 11.9 Å². The first-order chi connectivity index (χ1) is 13.5. The summed E-state index contributed by atoms with van der Waals surface area (Å²) in [6.45, 7) is 8.38. The number of aromatic nitrogens is 1. The Morgan fingerprint density at radius 3 is 2.50 bits per heavy atom. The van der Waals surface area contributed by atoms with Crippen molar-refractivity contribution in [2.24, 2.45) is 0 Å². The first-order valence-electron chi connectivity index (χ1n) is 9.72. The fourth-order valence-electron chi connectivity index (χ4n) is 3.09. The maximum absolute atomic E-state index is 12.5. The summed E-state index contributed by atoms with van der Waals surface area (Å²) in [5, 5.41) is 9.72. The summed E-state index contributed by atoms with van der Waals surface area (Å²) in [4.78, 5) is 23.9. The lowest BCUT2D eigenvalue weighted by Crippen LogP contribution is -2.23. The third-order valence-electron chi connectivity index (χ3n) is 4.43. The molecule has 0 bridgehead atoms. The average Bonchev–Trinajstić information content (AvgIpc) is 2.68. The highest BCUT2D eigenvalue weighted by molar-refractivity contribution is 5.92. The largest absolute Gasteiger partial charge is 0.477 e. The van der Waals surface area contributed by atoms with Gasteiger partial charge in [-0.05, 0) is 51.3 Å². The SMILES string of the molecule is CCOC(COCCCc1ccc2c(c1)c(=O)c(C(=O)O)cn2CC)OCC. The first kappa shape index (κ1) is 22.1. The topological polar surface area (TPSA) is 87.0 Å². The number of ether oxygens (including phenoxy) is 3. The molecule has 154 valence electrons. The lowest BCUT2D eigenvalue weighted by atomic mass is 10.0. The van der Waals surface area contributed by atoms with Crippen molar-refractivity contribution in [1.82, 2.24) is 4.57 Å². The molecule has 0 unspecified atom stereocenters. The monoisotopic (exact) mass is 391 g/mol. The molecule has 7 nitrogen and oxygen atoms in total. The van der Waals surface area contributed by atoms with Gasteiger partial charge >= 0.3 is 5.97 Å². The summed E-state index contributed by atoms with van der Waals surface area (Å²) in [6, 6.07) is 5.64. The van der Waals surface area contributed by atoms with Crippen LogP contribution in [0.15, 0.2) is 29.2 Å². The van der Waals surface area contributed by atoms with Crippen molar-refractivity contribution in [2.45, 2.75) is 46.4 Å². The van der Waals surface area contributed by atoms with Crippen molar-refractivity contribution < 1.29 is 24.1 Å². The fourth-order valence-corrected chi connectivity index (χ4v) is 3.09. The van der Waals surface area contributed by atoms with Gasteiger partial charge in [-0.15, -0.1) is 0 Å². The van der Waals surface area contributed by atoms with E-state index in [1.54, 1.807) is 10.6 Å². The van der Waals surface area contributed by atoms with Crippen LogP contribution in [0.2, 0.25) is 0 Å². The molecule has 0 radical (unpaired) electrons. The zero-order valence-corrected chi connectivity index (χ0v) is 16.8.